The Labute approximate surface area is 174 Å². The van der Waals surface area contributed by atoms with E-state index in [-0.39, 0.29) is 10.6 Å². The molecule has 0 bridgehead atoms. The van der Waals surface area contributed by atoms with Crippen LogP contribution in [0.25, 0.3) is 0 Å². The molecule has 1 atom stereocenters. The zero-order valence-electron chi connectivity index (χ0n) is 16.5. The number of methoxy groups -OCH3 is 3. The lowest BCUT2D eigenvalue weighted by molar-refractivity contribution is -0.118. The first-order valence-electron chi connectivity index (χ1n) is 8.75. The first kappa shape index (κ1) is 20.4. The van der Waals surface area contributed by atoms with Crippen molar-refractivity contribution in [3.05, 3.63) is 58.1 Å². The second kappa shape index (κ2) is 8.37. The predicted molar refractivity (Wildman–Crippen MR) is 112 cm³/mol. The molecular weight excluding hydrogens is 390 g/mol. The summed E-state index contributed by atoms with van der Waals surface area (Å²) in [5, 5.41) is 12.6. The quantitative estimate of drug-likeness (QED) is 0.735. The van der Waals surface area contributed by atoms with Gasteiger partial charge in [-0.15, -0.1) is 12.6 Å². The number of hydrogen-bond acceptors (Lipinski definition) is 7. The van der Waals surface area contributed by atoms with Crippen molar-refractivity contribution in [3.8, 4) is 23.3 Å². The molecule has 3 rings (SSSR count). The van der Waals surface area contributed by atoms with Gasteiger partial charge in [-0.2, -0.15) is 5.26 Å². The van der Waals surface area contributed by atoms with Crippen LogP contribution in [0.1, 0.15) is 17.3 Å². The Kier molecular flexibility index (Phi) is 5.89. The van der Waals surface area contributed by atoms with E-state index in [9.17, 15) is 10.1 Å². The summed E-state index contributed by atoms with van der Waals surface area (Å²) < 4.78 is 16.3. The van der Waals surface area contributed by atoms with Gasteiger partial charge in [0.25, 0.3) is 5.91 Å². The third-order valence-corrected chi connectivity index (χ3v) is 5.07. The summed E-state index contributed by atoms with van der Waals surface area (Å²) in [7, 11) is 4.57. The summed E-state index contributed by atoms with van der Waals surface area (Å²) in [5.74, 6) is 0.855. The number of nitrogens with zero attached hydrogens (tertiary/aromatic N) is 2. The zero-order valence-corrected chi connectivity index (χ0v) is 17.4. The largest absolute Gasteiger partial charge is 0.493 e. The monoisotopic (exact) mass is 411 g/mol. The minimum Gasteiger partial charge on any atom is -0.493 e. The number of aryl methyl sites for hydroxylation is 1. The van der Waals surface area contributed by atoms with Gasteiger partial charge in [0, 0.05) is 11.3 Å². The van der Waals surface area contributed by atoms with Crippen molar-refractivity contribution in [2.75, 3.05) is 26.2 Å². The van der Waals surface area contributed by atoms with Gasteiger partial charge in [0.2, 0.25) is 5.75 Å². The molecule has 0 saturated carbocycles. The van der Waals surface area contributed by atoms with Crippen molar-refractivity contribution >= 4 is 24.2 Å². The maximum atomic E-state index is 12.5. The fourth-order valence-corrected chi connectivity index (χ4v) is 3.56. The third-order valence-electron chi connectivity index (χ3n) is 4.63. The fourth-order valence-electron chi connectivity index (χ4n) is 3.17. The van der Waals surface area contributed by atoms with Gasteiger partial charge in [0.15, 0.2) is 11.5 Å². The number of rotatable bonds is 5. The van der Waals surface area contributed by atoms with Crippen LogP contribution in [-0.4, -0.2) is 27.2 Å². The summed E-state index contributed by atoms with van der Waals surface area (Å²) in [6.07, 6.45) is -0.636. The SMILES string of the molecule is COc1cc(C2NC(=O)C(C#N)=C(S)N2c2ccc(C)cc2)cc(OC)c1OC. The molecule has 0 radical (unpaired) electrons. The molecule has 0 aliphatic carbocycles. The Morgan fingerprint density at radius 3 is 2.14 bits per heavy atom. The topological polar surface area (TPSA) is 83.8 Å². The van der Waals surface area contributed by atoms with E-state index in [1.807, 2.05) is 37.3 Å². The average Bonchev–Trinajstić information content (AvgIpc) is 2.73. The van der Waals surface area contributed by atoms with Gasteiger partial charge in [-0.3, -0.25) is 4.79 Å². The number of carbonyl (C=O) groups excluding carboxylic acids is 1. The van der Waals surface area contributed by atoms with Crippen LogP contribution in [0.4, 0.5) is 5.69 Å². The number of anilines is 1. The molecule has 0 saturated heterocycles. The molecule has 1 aliphatic rings. The molecule has 7 nitrogen and oxygen atoms in total. The molecule has 0 fully saturated rings. The predicted octanol–water partition coefficient (Wildman–Crippen LogP) is 3.32. The van der Waals surface area contributed by atoms with Crippen LogP contribution >= 0.6 is 12.6 Å². The number of carbonyl (C=O) groups is 1. The van der Waals surface area contributed by atoms with Crippen molar-refractivity contribution in [2.45, 2.75) is 13.1 Å². The molecule has 0 aromatic heterocycles. The summed E-state index contributed by atoms with van der Waals surface area (Å²) in [4.78, 5) is 14.3. The molecule has 1 heterocycles. The van der Waals surface area contributed by atoms with E-state index in [1.54, 1.807) is 17.0 Å². The number of amides is 1. The molecule has 2 aromatic rings. The van der Waals surface area contributed by atoms with Crippen LogP contribution in [0.2, 0.25) is 0 Å². The normalized spacial score (nSPS) is 16.2. The van der Waals surface area contributed by atoms with Crippen LogP contribution in [-0.2, 0) is 4.79 Å². The molecular formula is C21H21N3O4S. The van der Waals surface area contributed by atoms with Gasteiger partial charge in [0.05, 0.1) is 26.4 Å². The Morgan fingerprint density at radius 2 is 1.66 bits per heavy atom. The Morgan fingerprint density at radius 1 is 1.07 bits per heavy atom. The van der Waals surface area contributed by atoms with E-state index >= 15 is 0 Å². The summed E-state index contributed by atoms with van der Waals surface area (Å²) in [5.41, 5.74) is 2.48. The summed E-state index contributed by atoms with van der Waals surface area (Å²) in [6.45, 7) is 1.98. The Hall–Kier alpha value is -3.31. The van der Waals surface area contributed by atoms with Crippen LogP contribution in [0.15, 0.2) is 47.0 Å². The van der Waals surface area contributed by atoms with E-state index in [0.717, 1.165) is 11.3 Å². The highest BCUT2D eigenvalue weighted by Gasteiger charge is 2.35. The maximum Gasteiger partial charge on any atom is 0.266 e. The van der Waals surface area contributed by atoms with Gasteiger partial charge in [-0.05, 0) is 31.2 Å². The number of nitrogens with one attached hydrogen (secondary N) is 1. The second-order valence-electron chi connectivity index (χ2n) is 6.35. The minimum atomic E-state index is -0.636. The van der Waals surface area contributed by atoms with Crippen molar-refractivity contribution in [2.24, 2.45) is 0 Å². The van der Waals surface area contributed by atoms with E-state index < -0.39 is 12.1 Å². The highest BCUT2D eigenvalue weighted by molar-refractivity contribution is 7.84. The number of nitriles is 1. The molecule has 29 heavy (non-hydrogen) atoms. The van der Waals surface area contributed by atoms with Crippen molar-refractivity contribution in [1.29, 1.82) is 5.26 Å². The van der Waals surface area contributed by atoms with Crippen molar-refractivity contribution in [1.82, 2.24) is 5.32 Å². The standard InChI is InChI=1S/C21H21N3O4S/c1-12-5-7-14(8-6-12)24-19(23-20(25)15(11-22)21(24)29)13-9-16(26-2)18(28-4)17(10-13)27-3/h5-10,19,29H,1-4H3,(H,23,25). The highest BCUT2D eigenvalue weighted by Crippen LogP contribution is 2.43. The van der Waals surface area contributed by atoms with Crippen LogP contribution in [0.5, 0.6) is 17.2 Å². The van der Waals surface area contributed by atoms with E-state index in [1.165, 1.54) is 21.3 Å². The van der Waals surface area contributed by atoms with Gasteiger partial charge in [-0.1, -0.05) is 17.7 Å². The fraction of sp³-hybridized carbons (Fsp3) is 0.238. The first-order chi connectivity index (χ1) is 13.9. The second-order valence-corrected chi connectivity index (χ2v) is 6.77. The number of hydrogen-bond donors (Lipinski definition) is 2. The highest BCUT2D eigenvalue weighted by atomic mass is 32.1. The minimum absolute atomic E-state index is 0.0578. The Bertz CT molecular complexity index is 987. The molecule has 1 N–H and O–H groups in total. The molecule has 1 unspecified atom stereocenters. The lowest BCUT2D eigenvalue weighted by atomic mass is 10.1. The first-order valence-corrected chi connectivity index (χ1v) is 9.19. The van der Waals surface area contributed by atoms with Crippen LogP contribution < -0.4 is 24.4 Å². The van der Waals surface area contributed by atoms with Crippen LogP contribution in [0, 0.1) is 18.3 Å². The van der Waals surface area contributed by atoms with Gasteiger partial charge >= 0.3 is 0 Å². The Balaban J connectivity index is 2.21. The maximum absolute atomic E-state index is 12.5. The molecule has 150 valence electrons. The van der Waals surface area contributed by atoms with Crippen LogP contribution in [0.3, 0.4) is 0 Å². The lowest BCUT2D eigenvalue weighted by Crippen LogP contribution is -2.46. The smallest absolute Gasteiger partial charge is 0.266 e. The lowest BCUT2D eigenvalue weighted by Gasteiger charge is -2.38. The van der Waals surface area contributed by atoms with Crippen molar-refractivity contribution < 1.29 is 19.0 Å². The summed E-state index contributed by atoms with van der Waals surface area (Å²) in [6, 6.07) is 13.2. The van der Waals surface area contributed by atoms with Crippen molar-refractivity contribution in [3.63, 3.8) is 0 Å². The summed E-state index contributed by atoms with van der Waals surface area (Å²) >= 11 is 4.51. The number of benzene rings is 2. The third kappa shape index (κ3) is 3.69. The molecule has 0 spiro atoms. The zero-order chi connectivity index (χ0) is 21.1. The average molecular weight is 411 g/mol. The van der Waals surface area contributed by atoms with Gasteiger partial charge in [-0.25, -0.2) is 0 Å². The number of ether oxygens (including phenoxy) is 3. The molecule has 2 aromatic carbocycles. The van der Waals surface area contributed by atoms with E-state index in [4.69, 9.17) is 14.2 Å². The molecule has 1 amide bonds. The molecule has 1 aliphatic heterocycles. The van der Waals surface area contributed by atoms with E-state index in [2.05, 4.69) is 17.9 Å². The van der Waals surface area contributed by atoms with E-state index in [0.29, 0.717) is 22.8 Å². The number of thiol groups is 1. The van der Waals surface area contributed by atoms with Gasteiger partial charge in [0.1, 0.15) is 17.8 Å². The van der Waals surface area contributed by atoms with Gasteiger partial charge < -0.3 is 24.4 Å². The molecule has 8 heteroatoms.